The Morgan fingerprint density at radius 3 is 2.62 bits per heavy atom. The summed E-state index contributed by atoms with van der Waals surface area (Å²) in [6.45, 7) is 5.31. The van der Waals surface area contributed by atoms with Crippen molar-refractivity contribution >= 4 is 19.0 Å². The molecular formula is C34H32N2Si. The van der Waals surface area contributed by atoms with Gasteiger partial charge in [-0.3, -0.25) is 0 Å². The van der Waals surface area contributed by atoms with Crippen molar-refractivity contribution < 1.29 is 0 Å². The molecule has 2 aromatic carbocycles. The standard InChI is InChI=1S/C34H32N2Si/c1-35-28-18-10-9-16-26(28)30-23-14-7-8-15-25(23)34(33(30)35)37(3,4)29-19-11-17-24-27-20-21-12-5-6-13-22(21)31(27)36(2)32(24)29/h5-11,13-20,29,32,34H,12H2,1-4H3. The van der Waals surface area contributed by atoms with E-state index in [0.29, 0.717) is 17.1 Å². The fourth-order valence-electron chi connectivity index (χ4n) is 8.20. The van der Waals surface area contributed by atoms with Crippen molar-refractivity contribution in [2.45, 2.75) is 36.6 Å². The minimum atomic E-state index is -1.96. The summed E-state index contributed by atoms with van der Waals surface area (Å²) >= 11 is 0. The first-order valence-electron chi connectivity index (χ1n) is 13.6. The van der Waals surface area contributed by atoms with Crippen LogP contribution in [0.5, 0.6) is 0 Å². The number of rotatable bonds is 2. The molecule has 0 saturated carbocycles. The van der Waals surface area contributed by atoms with Crippen LogP contribution in [0.3, 0.4) is 0 Å². The minimum absolute atomic E-state index is 0.409. The number of likely N-dealkylation sites (N-methyl/N-ethyl adjacent to an activating group) is 1. The summed E-state index contributed by atoms with van der Waals surface area (Å²) in [5.74, 6) is 0. The van der Waals surface area contributed by atoms with Gasteiger partial charge in [-0.2, -0.15) is 0 Å². The predicted molar refractivity (Wildman–Crippen MR) is 157 cm³/mol. The summed E-state index contributed by atoms with van der Waals surface area (Å²) in [7, 11) is 2.68. The third kappa shape index (κ3) is 2.60. The van der Waals surface area contributed by atoms with Gasteiger partial charge in [0, 0.05) is 52.9 Å². The maximum atomic E-state index is 2.65. The average molecular weight is 497 g/mol. The summed E-state index contributed by atoms with van der Waals surface area (Å²) in [4.78, 5) is 2.63. The maximum absolute atomic E-state index is 2.65. The highest BCUT2D eigenvalue weighted by Gasteiger charge is 2.53. The van der Waals surface area contributed by atoms with E-state index < -0.39 is 8.07 Å². The Hall–Kier alpha value is -3.56. The lowest BCUT2D eigenvalue weighted by molar-refractivity contribution is 0.366. The van der Waals surface area contributed by atoms with Crippen LogP contribution in [0.1, 0.15) is 23.2 Å². The molecule has 0 saturated heterocycles. The first-order chi connectivity index (χ1) is 18.0. The highest BCUT2D eigenvalue weighted by molar-refractivity contribution is 6.81. The molecule has 3 heteroatoms. The van der Waals surface area contributed by atoms with Crippen molar-refractivity contribution in [1.82, 2.24) is 9.47 Å². The molecule has 5 aliphatic rings. The topological polar surface area (TPSA) is 8.17 Å². The molecule has 3 unspecified atom stereocenters. The number of aryl methyl sites for hydroxylation is 1. The summed E-state index contributed by atoms with van der Waals surface area (Å²) in [6.07, 6.45) is 17.7. The van der Waals surface area contributed by atoms with Gasteiger partial charge < -0.3 is 9.47 Å². The van der Waals surface area contributed by atoms with Crippen LogP contribution in [0.2, 0.25) is 18.6 Å². The molecule has 37 heavy (non-hydrogen) atoms. The van der Waals surface area contributed by atoms with Crippen LogP contribution >= 0.6 is 0 Å². The van der Waals surface area contributed by atoms with Gasteiger partial charge in [0.25, 0.3) is 0 Å². The largest absolute Gasteiger partial charge is 0.366 e. The second-order valence-corrected chi connectivity index (χ2v) is 16.8. The molecule has 2 heterocycles. The predicted octanol–water partition coefficient (Wildman–Crippen LogP) is 7.80. The molecule has 0 amide bonds. The van der Waals surface area contributed by atoms with Crippen molar-refractivity contribution in [2.24, 2.45) is 7.05 Å². The lowest BCUT2D eigenvalue weighted by atomic mass is 9.94. The molecule has 3 aromatic rings. The van der Waals surface area contributed by atoms with Gasteiger partial charge >= 0.3 is 0 Å². The number of fused-ring (bicyclic) bond motifs is 9. The van der Waals surface area contributed by atoms with E-state index in [1.807, 2.05) is 0 Å². The Morgan fingerprint density at radius 1 is 0.919 bits per heavy atom. The number of hydrogen-bond donors (Lipinski definition) is 0. The van der Waals surface area contributed by atoms with Gasteiger partial charge in [-0.25, -0.2) is 0 Å². The van der Waals surface area contributed by atoms with E-state index in [1.165, 1.54) is 55.7 Å². The quantitative estimate of drug-likeness (QED) is 0.329. The molecule has 182 valence electrons. The Morgan fingerprint density at radius 2 is 1.73 bits per heavy atom. The minimum Gasteiger partial charge on any atom is -0.366 e. The van der Waals surface area contributed by atoms with Gasteiger partial charge in [0.2, 0.25) is 0 Å². The molecule has 1 aliphatic heterocycles. The van der Waals surface area contributed by atoms with E-state index in [9.17, 15) is 0 Å². The van der Waals surface area contributed by atoms with Crippen LogP contribution in [0.4, 0.5) is 0 Å². The zero-order chi connectivity index (χ0) is 25.1. The number of hydrogen-bond acceptors (Lipinski definition) is 1. The highest BCUT2D eigenvalue weighted by atomic mass is 28.3. The van der Waals surface area contributed by atoms with Gasteiger partial charge in [-0.1, -0.05) is 92.0 Å². The molecule has 0 N–H and O–H groups in total. The zero-order valence-electron chi connectivity index (χ0n) is 22.0. The van der Waals surface area contributed by atoms with E-state index in [1.54, 1.807) is 5.56 Å². The molecular weight excluding hydrogens is 464 g/mol. The second-order valence-electron chi connectivity index (χ2n) is 11.9. The molecule has 0 fully saturated rings. The van der Waals surface area contributed by atoms with Crippen molar-refractivity contribution in [2.75, 3.05) is 7.05 Å². The fraction of sp³-hybridized carbons (Fsp3) is 0.235. The van der Waals surface area contributed by atoms with E-state index in [2.05, 4.69) is 128 Å². The van der Waals surface area contributed by atoms with Gasteiger partial charge in [-0.15, -0.1) is 0 Å². The van der Waals surface area contributed by atoms with Crippen molar-refractivity contribution in [1.29, 1.82) is 0 Å². The van der Waals surface area contributed by atoms with Gasteiger partial charge in [0.05, 0.1) is 19.8 Å². The number of benzene rings is 2. The Balaban J connectivity index is 1.29. The second kappa shape index (κ2) is 7.26. The number of nitrogens with zero attached hydrogens (tertiary/aromatic N) is 2. The van der Waals surface area contributed by atoms with Crippen molar-refractivity contribution in [3.8, 4) is 11.1 Å². The summed E-state index contributed by atoms with van der Waals surface area (Å²) in [6, 6.07) is 18.6. The monoisotopic (exact) mass is 496 g/mol. The smallest absolute Gasteiger partial charge is 0.0721 e. The summed E-state index contributed by atoms with van der Waals surface area (Å²) < 4.78 is 2.51. The van der Waals surface area contributed by atoms with Crippen LogP contribution in [0, 0.1) is 0 Å². The molecule has 0 spiro atoms. The lowest BCUT2D eigenvalue weighted by Gasteiger charge is -2.45. The van der Waals surface area contributed by atoms with Crippen LogP contribution in [0.15, 0.2) is 119 Å². The normalized spacial score (nSPS) is 25.0. The third-order valence-corrected chi connectivity index (χ3v) is 14.1. The number of para-hydroxylation sites is 1. The van der Waals surface area contributed by atoms with Crippen LogP contribution in [-0.4, -0.2) is 30.6 Å². The SMILES string of the molecule is CN1C2=C(C=C3CC=CC=C32)C2=CC=CC([Si](C)(C)C3c4ccccc4-c4c3n(C)c3ccccc43)C21. The molecule has 4 aliphatic carbocycles. The highest BCUT2D eigenvalue weighted by Crippen LogP contribution is 2.58. The van der Waals surface area contributed by atoms with E-state index >= 15 is 0 Å². The van der Waals surface area contributed by atoms with Crippen LogP contribution in [-0.2, 0) is 7.05 Å². The van der Waals surface area contributed by atoms with E-state index in [-0.39, 0.29) is 0 Å². The average Bonchev–Trinajstić information content (AvgIpc) is 3.62. The number of allylic oxidation sites excluding steroid dienone is 7. The Bertz CT molecular complexity index is 1720. The van der Waals surface area contributed by atoms with Crippen molar-refractivity contribution in [3.05, 3.63) is 130 Å². The molecule has 1 aromatic heterocycles. The summed E-state index contributed by atoms with van der Waals surface area (Å²) in [5.41, 5.74) is 15.7. The molecule has 3 atom stereocenters. The zero-order valence-corrected chi connectivity index (χ0v) is 23.0. The van der Waals surface area contributed by atoms with Crippen LogP contribution in [0.25, 0.3) is 22.0 Å². The Labute approximate surface area is 220 Å². The fourth-order valence-corrected chi connectivity index (χ4v) is 12.5. The van der Waals surface area contributed by atoms with Gasteiger partial charge in [-0.05, 0) is 46.4 Å². The summed E-state index contributed by atoms with van der Waals surface area (Å²) in [5, 5.41) is 1.40. The maximum Gasteiger partial charge on any atom is 0.0721 e. The van der Waals surface area contributed by atoms with Crippen LogP contribution < -0.4 is 0 Å². The first kappa shape index (κ1) is 21.5. The number of aromatic nitrogens is 1. The molecule has 0 radical (unpaired) electrons. The molecule has 0 bridgehead atoms. The van der Waals surface area contributed by atoms with E-state index in [4.69, 9.17) is 0 Å². The first-order valence-corrected chi connectivity index (χ1v) is 16.7. The molecule has 2 nitrogen and oxygen atoms in total. The molecule has 8 rings (SSSR count). The van der Waals surface area contributed by atoms with Gasteiger partial charge in [0.15, 0.2) is 0 Å². The van der Waals surface area contributed by atoms with Gasteiger partial charge in [0.1, 0.15) is 0 Å². The van der Waals surface area contributed by atoms with E-state index in [0.717, 1.165) is 6.42 Å². The third-order valence-electron chi connectivity index (χ3n) is 9.82. The van der Waals surface area contributed by atoms with Crippen molar-refractivity contribution in [3.63, 3.8) is 0 Å². The Kier molecular flexibility index (Phi) is 4.22. The lowest BCUT2D eigenvalue weighted by Crippen LogP contribution is -2.49.